The molecule has 2 atom stereocenters. The van der Waals surface area contributed by atoms with E-state index in [1.165, 1.54) is 0 Å². The second-order valence-electron chi connectivity index (χ2n) is 5.80. The van der Waals surface area contributed by atoms with Gasteiger partial charge in [-0.3, -0.25) is 9.69 Å². The molecule has 3 rings (SSSR count). The zero-order valence-electron chi connectivity index (χ0n) is 13.9. The average Bonchev–Trinajstić information content (AvgIpc) is 3.01. The standard InChI is InChI=1S/C14H23N5O3.2ClH/c1-10(13-16-11(2)17-22-13)18-4-6-19(7-5-18)14(20)12-9-21-8-3-15-12;;/h10,12,15H,3-9H2,1-2H3;2*1H. The highest BCUT2D eigenvalue weighted by Crippen LogP contribution is 2.20. The minimum absolute atomic E-state index is 0. The molecule has 1 N–H and O–H groups in total. The van der Waals surface area contributed by atoms with E-state index in [1.807, 2.05) is 11.8 Å². The number of nitrogens with zero attached hydrogens (tertiary/aromatic N) is 4. The molecule has 2 unspecified atom stereocenters. The highest BCUT2D eigenvalue weighted by Gasteiger charge is 2.31. The van der Waals surface area contributed by atoms with E-state index in [-0.39, 0.29) is 42.8 Å². The molecular weight excluding hydrogens is 357 g/mol. The third-order valence-corrected chi connectivity index (χ3v) is 4.29. The van der Waals surface area contributed by atoms with Crippen molar-refractivity contribution in [3.05, 3.63) is 11.7 Å². The van der Waals surface area contributed by atoms with Gasteiger partial charge in [-0.2, -0.15) is 4.98 Å². The molecule has 1 amide bonds. The Morgan fingerprint density at radius 1 is 1.29 bits per heavy atom. The third kappa shape index (κ3) is 4.80. The summed E-state index contributed by atoms with van der Waals surface area (Å²) in [7, 11) is 0. The Kier molecular flexibility index (Phi) is 8.38. The molecule has 2 aliphatic rings. The third-order valence-electron chi connectivity index (χ3n) is 4.29. The van der Waals surface area contributed by atoms with E-state index in [2.05, 4.69) is 27.3 Å². The number of carbonyl (C=O) groups excluding carboxylic acids is 1. The SMILES string of the molecule is Cc1noc(C(C)N2CCN(C(=O)C3COCCN3)CC2)n1.Cl.Cl. The summed E-state index contributed by atoms with van der Waals surface area (Å²) in [4.78, 5) is 20.9. The van der Waals surface area contributed by atoms with Crippen LogP contribution in [0.4, 0.5) is 0 Å². The van der Waals surface area contributed by atoms with Crippen molar-refractivity contribution in [2.45, 2.75) is 25.9 Å². The molecule has 138 valence electrons. The number of aryl methyl sites for hydroxylation is 1. The lowest BCUT2D eigenvalue weighted by atomic mass is 10.2. The Labute approximate surface area is 154 Å². The van der Waals surface area contributed by atoms with Crippen LogP contribution in [0.2, 0.25) is 0 Å². The number of nitrogens with one attached hydrogen (secondary N) is 1. The lowest BCUT2D eigenvalue weighted by molar-refractivity contribution is -0.138. The first-order valence-corrected chi connectivity index (χ1v) is 7.79. The van der Waals surface area contributed by atoms with E-state index in [0.717, 1.165) is 19.6 Å². The van der Waals surface area contributed by atoms with Gasteiger partial charge in [0.1, 0.15) is 6.04 Å². The molecule has 1 aromatic rings. The second kappa shape index (κ2) is 9.53. The summed E-state index contributed by atoms with van der Waals surface area (Å²) in [5.41, 5.74) is 0. The number of morpholine rings is 1. The van der Waals surface area contributed by atoms with Crippen molar-refractivity contribution < 1.29 is 14.1 Å². The molecule has 0 radical (unpaired) electrons. The van der Waals surface area contributed by atoms with Gasteiger partial charge in [-0.15, -0.1) is 24.8 Å². The summed E-state index contributed by atoms with van der Waals surface area (Å²) in [6.45, 7) is 8.81. The fourth-order valence-electron chi connectivity index (χ4n) is 2.91. The maximum atomic E-state index is 12.4. The summed E-state index contributed by atoms with van der Waals surface area (Å²) in [5.74, 6) is 1.43. The summed E-state index contributed by atoms with van der Waals surface area (Å²) in [6.07, 6.45) is 0. The van der Waals surface area contributed by atoms with Crippen LogP contribution < -0.4 is 5.32 Å². The lowest BCUT2D eigenvalue weighted by Crippen LogP contribution is -2.57. The van der Waals surface area contributed by atoms with E-state index >= 15 is 0 Å². The van der Waals surface area contributed by atoms with Crippen molar-refractivity contribution in [2.24, 2.45) is 0 Å². The van der Waals surface area contributed by atoms with Crippen molar-refractivity contribution in [2.75, 3.05) is 45.9 Å². The fraction of sp³-hybridized carbons (Fsp3) is 0.786. The first kappa shape index (κ1) is 21.1. The number of amides is 1. The van der Waals surface area contributed by atoms with Crippen LogP contribution in [0.25, 0.3) is 0 Å². The number of piperazine rings is 1. The minimum atomic E-state index is -0.198. The van der Waals surface area contributed by atoms with Crippen LogP contribution in [0.15, 0.2) is 4.52 Å². The molecule has 8 nitrogen and oxygen atoms in total. The lowest BCUT2D eigenvalue weighted by Gasteiger charge is -2.38. The first-order chi connectivity index (χ1) is 10.6. The number of carbonyl (C=O) groups is 1. The van der Waals surface area contributed by atoms with Crippen LogP contribution >= 0.6 is 24.8 Å². The second-order valence-corrected chi connectivity index (χ2v) is 5.80. The van der Waals surface area contributed by atoms with Crippen molar-refractivity contribution in [3.8, 4) is 0 Å². The highest BCUT2D eigenvalue weighted by atomic mass is 35.5. The normalized spacial score (nSPS) is 23.1. The molecule has 0 spiro atoms. The molecular formula is C14H25Cl2N5O3. The largest absolute Gasteiger partial charge is 0.378 e. The van der Waals surface area contributed by atoms with E-state index < -0.39 is 0 Å². The first-order valence-electron chi connectivity index (χ1n) is 7.79. The van der Waals surface area contributed by atoms with Gasteiger partial charge in [0.25, 0.3) is 0 Å². The zero-order valence-corrected chi connectivity index (χ0v) is 15.6. The van der Waals surface area contributed by atoms with Crippen LogP contribution in [-0.4, -0.2) is 77.8 Å². The van der Waals surface area contributed by atoms with Gasteiger partial charge in [0.15, 0.2) is 5.82 Å². The van der Waals surface area contributed by atoms with E-state index in [0.29, 0.717) is 38.0 Å². The number of ether oxygens (including phenoxy) is 1. The topological polar surface area (TPSA) is 83.7 Å². The molecule has 2 saturated heterocycles. The van der Waals surface area contributed by atoms with Gasteiger partial charge in [-0.1, -0.05) is 5.16 Å². The van der Waals surface area contributed by atoms with Crippen molar-refractivity contribution >= 4 is 30.7 Å². The van der Waals surface area contributed by atoms with Crippen molar-refractivity contribution in [1.82, 2.24) is 25.3 Å². The number of hydrogen-bond acceptors (Lipinski definition) is 7. The molecule has 0 bridgehead atoms. The number of aromatic nitrogens is 2. The van der Waals surface area contributed by atoms with Gasteiger partial charge in [-0.25, -0.2) is 0 Å². The fourth-order valence-corrected chi connectivity index (χ4v) is 2.91. The number of halogens is 2. The van der Waals surface area contributed by atoms with Crippen LogP contribution in [0.1, 0.15) is 24.7 Å². The predicted octanol–water partition coefficient (Wildman–Crippen LogP) is 0.415. The monoisotopic (exact) mass is 381 g/mol. The smallest absolute Gasteiger partial charge is 0.243 e. The zero-order chi connectivity index (χ0) is 15.5. The molecule has 0 saturated carbocycles. The maximum Gasteiger partial charge on any atom is 0.243 e. The van der Waals surface area contributed by atoms with Gasteiger partial charge in [0.05, 0.1) is 19.3 Å². The van der Waals surface area contributed by atoms with Gasteiger partial charge >= 0.3 is 0 Å². The molecule has 3 heterocycles. The van der Waals surface area contributed by atoms with Gasteiger partial charge in [0, 0.05) is 32.7 Å². The Morgan fingerprint density at radius 2 is 2.00 bits per heavy atom. The molecule has 2 aliphatic heterocycles. The predicted molar refractivity (Wildman–Crippen MR) is 92.7 cm³/mol. The summed E-state index contributed by atoms with van der Waals surface area (Å²) >= 11 is 0. The van der Waals surface area contributed by atoms with Gasteiger partial charge in [0.2, 0.25) is 11.8 Å². The van der Waals surface area contributed by atoms with Crippen LogP contribution in [0.5, 0.6) is 0 Å². The minimum Gasteiger partial charge on any atom is -0.378 e. The Balaban J connectivity index is 0.00000144. The van der Waals surface area contributed by atoms with Gasteiger partial charge < -0.3 is 19.5 Å². The number of hydrogen-bond donors (Lipinski definition) is 1. The van der Waals surface area contributed by atoms with Crippen molar-refractivity contribution in [3.63, 3.8) is 0 Å². The van der Waals surface area contributed by atoms with E-state index in [1.54, 1.807) is 0 Å². The average molecular weight is 382 g/mol. The molecule has 24 heavy (non-hydrogen) atoms. The Morgan fingerprint density at radius 3 is 2.54 bits per heavy atom. The number of rotatable bonds is 3. The summed E-state index contributed by atoms with van der Waals surface area (Å²) < 4.78 is 10.6. The van der Waals surface area contributed by atoms with Crippen LogP contribution in [0.3, 0.4) is 0 Å². The molecule has 1 aromatic heterocycles. The highest BCUT2D eigenvalue weighted by molar-refractivity contribution is 5.85. The summed E-state index contributed by atoms with van der Waals surface area (Å²) in [5, 5.41) is 7.05. The molecule has 2 fully saturated rings. The van der Waals surface area contributed by atoms with Crippen LogP contribution in [-0.2, 0) is 9.53 Å². The Hall–Kier alpha value is -0.930. The maximum absolute atomic E-state index is 12.4. The summed E-state index contributed by atoms with van der Waals surface area (Å²) in [6, 6.07) is -0.120. The molecule has 0 aromatic carbocycles. The van der Waals surface area contributed by atoms with Crippen molar-refractivity contribution in [1.29, 1.82) is 0 Å². The van der Waals surface area contributed by atoms with E-state index in [9.17, 15) is 4.79 Å². The molecule has 0 aliphatic carbocycles. The Bertz CT molecular complexity index is 516. The molecule has 10 heteroatoms. The van der Waals surface area contributed by atoms with Gasteiger partial charge in [-0.05, 0) is 13.8 Å². The van der Waals surface area contributed by atoms with Crippen LogP contribution in [0, 0.1) is 6.92 Å². The van der Waals surface area contributed by atoms with E-state index in [4.69, 9.17) is 9.26 Å². The quantitative estimate of drug-likeness (QED) is 0.811.